The molecular formula is C12H13Br2NS2. The van der Waals surface area contributed by atoms with E-state index in [0.717, 1.165) is 8.26 Å². The molecule has 0 spiro atoms. The molecule has 0 aromatic carbocycles. The van der Waals surface area contributed by atoms with E-state index in [0.29, 0.717) is 6.04 Å². The van der Waals surface area contributed by atoms with Crippen LogP contribution in [-0.2, 0) is 0 Å². The van der Waals surface area contributed by atoms with Crippen molar-refractivity contribution in [3.05, 3.63) is 40.6 Å². The first-order valence-electron chi connectivity index (χ1n) is 5.22. The highest BCUT2D eigenvalue weighted by atomic mass is 79.9. The summed E-state index contributed by atoms with van der Waals surface area (Å²) in [5.41, 5.74) is 1.37. The van der Waals surface area contributed by atoms with E-state index >= 15 is 0 Å². The van der Waals surface area contributed by atoms with Crippen molar-refractivity contribution in [1.82, 2.24) is 5.32 Å². The molecule has 0 saturated carbocycles. The molecule has 1 nitrogen and oxygen atoms in total. The van der Waals surface area contributed by atoms with E-state index in [1.165, 1.54) is 20.2 Å². The summed E-state index contributed by atoms with van der Waals surface area (Å²) in [5.74, 6) is 0. The van der Waals surface area contributed by atoms with E-state index in [2.05, 4.69) is 63.2 Å². The summed E-state index contributed by atoms with van der Waals surface area (Å²) in [6.07, 6.45) is 0. The molecule has 92 valence electrons. The second-order valence-electron chi connectivity index (χ2n) is 3.90. The lowest BCUT2D eigenvalue weighted by Gasteiger charge is -2.13. The molecule has 2 aromatic heterocycles. The topological polar surface area (TPSA) is 12.0 Å². The molecule has 2 aromatic rings. The summed E-state index contributed by atoms with van der Waals surface area (Å²) in [5, 5.41) is 3.41. The van der Waals surface area contributed by atoms with E-state index in [1.807, 2.05) is 18.4 Å². The molecule has 0 aliphatic heterocycles. The van der Waals surface area contributed by atoms with Gasteiger partial charge in [-0.1, -0.05) is 0 Å². The molecule has 0 aliphatic rings. The van der Waals surface area contributed by atoms with Gasteiger partial charge in [0.1, 0.15) is 0 Å². The van der Waals surface area contributed by atoms with Crippen LogP contribution in [0.2, 0.25) is 0 Å². The lowest BCUT2D eigenvalue weighted by molar-refractivity contribution is 0.712. The maximum Gasteiger partial charge on any atom is 0.0843 e. The van der Waals surface area contributed by atoms with Gasteiger partial charge in [-0.2, -0.15) is 0 Å². The van der Waals surface area contributed by atoms with E-state index in [-0.39, 0.29) is 0 Å². The Bertz CT molecular complexity index is 511. The SMILES string of the molecule is CNC(c1cc(Br)c(Br)s1)c1sc(C)cc1C. The van der Waals surface area contributed by atoms with Crippen molar-refractivity contribution < 1.29 is 0 Å². The maximum absolute atomic E-state index is 3.56. The summed E-state index contributed by atoms with van der Waals surface area (Å²) in [6, 6.07) is 4.73. The highest BCUT2D eigenvalue weighted by Crippen LogP contribution is 2.40. The van der Waals surface area contributed by atoms with Crippen LogP contribution >= 0.6 is 54.5 Å². The second-order valence-corrected chi connectivity index (χ2v) is 8.44. The fourth-order valence-electron chi connectivity index (χ4n) is 1.85. The Balaban J connectivity index is 2.43. The molecule has 17 heavy (non-hydrogen) atoms. The molecule has 0 aliphatic carbocycles. The van der Waals surface area contributed by atoms with E-state index in [9.17, 15) is 0 Å². The van der Waals surface area contributed by atoms with E-state index in [1.54, 1.807) is 11.3 Å². The number of thiophene rings is 2. The number of nitrogens with one attached hydrogen (secondary N) is 1. The summed E-state index contributed by atoms with van der Waals surface area (Å²) in [7, 11) is 2.01. The minimum absolute atomic E-state index is 0.293. The van der Waals surface area contributed by atoms with Gasteiger partial charge in [0.2, 0.25) is 0 Å². The Morgan fingerprint density at radius 3 is 2.29 bits per heavy atom. The van der Waals surface area contributed by atoms with Crippen molar-refractivity contribution in [2.24, 2.45) is 0 Å². The van der Waals surface area contributed by atoms with Gasteiger partial charge in [-0.25, -0.2) is 0 Å². The van der Waals surface area contributed by atoms with E-state index < -0.39 is 0 Å². The average Bonchev–Trinajstić information content (AvgIpc) is 2.74. The third-order valence-corrected chi connectivity index (χ3v) is 7.12. The highest BCUT2D eigenvalue weighted by Gasteiger charge is 2.19. The molecule has 0 radical (unpaired) electrons. The molecule has 1 atom stereocenters. The third-order valence-electron chi connectivity index (χ3n) is 2.58. The summed E-state index contributed by atoms with van der Waals surface area (Å²) >= 11 is 10.8. The molecule has 0 bridgehead atoms. The molecule has 2 heterocycles. The quantitative estimate of drug-likeness (QED) is 0.748. The molecular weight excluding hydrogens is 382 g/mol. The molecule has 1 N–H and O–H groups in total. The van der Waals surface area contributed by atoms with Gasteiger partial charge in [0.15, 0.2) is 0 Å². The van der Waals surface area contributed by atoms with Crippen molar-refractivity contribution in [1.29, 1.82) is 0 Å². The number of rotatable bonds is 3. The van der Waals surface area contributed by atoms with Crippen molar-refractivity contribution in [2.45, 2.75) is 19.9 Å². The zero-order valence-corrected chi connectivity index (χ0v) is 14.6. The monoisotopic (exact) mass is 393 g/mol. The maximum atomic E-state index is 3.56. The highest BCUT2D eigenvalue weighted by molar-refractivity contribution is 9.13. The zero-order valence-electron chi connectivity index (χ0n) is 9.80. The van der Waals surface area contributed by atoms with Gasteiger partial charge < -0.3 is 5.32 Å². The van der Waals surface area contributed by atoms with Crippen LogP contribution in [0.1, 0.15) is 26.2 Å². The van der Waals surface area contributed by atoms with Crippen LogP contribution in [0, 0.1) is 13.8 Å². The first kappa shape index (κ1) is 13.7. The first-order chi connectivity index (χ1) is 8.02. The van der Waals surface area contributed by atoms with Crippen molar-refractivity contribution in [2.75, 3.05) is 7.05 Å². The summed E-state index contributed by atoms with van der Waals surface area (Å²) in [4.78, 5) is 4.11. The Kier molecular flexibility index (Phi) is 4.47. The van der Waals surface area contributed by atoms with E-state index in [4.69, 9.17) is 0 Å². The predicted molar refractivity (Wildman–Crippen MR) is 84.4 cm³/mol. The van der Waals surface area contributed by atoms with Gasteiger partial charge in [0.05, 0.1) is 9.83 Å². The predicted octanol–water partition coefficient (Wildman–Crippen LogP) is 5.26. The summed E-state index contributed by atoms with van der Waals surface area (Å²) < 4.78 is 2.28. The fourth-order valence-corrected chi connectivity index (χ4v) is 5.30. The van der Waals surface area contributed by atoms with Crippen LogP contribution in [0.3, 0.4) is 0 Å². The van der Waals surface area contributed by atoms with Crippen molar-refractivity contribution >= 4 is 54.5 Å². The van der Waals surface area contributed by atoms with Crippen LogP contribution in [0.15, 0.2) is 20.4 Å². The average molecular weight is 395 g/mol. The van der Waals surface area contributed by atoms with Crippen LogP contribution < -0.4 is 5.32 Å². The molecule has 2 rings (SSSR count). The zero-order chi connectivity index (χ0) is 12.6. The Morgan fingerprint density at radius 2 is 1.88 bits per heavy atom. The van der Waals surface area contributed by atoms with Crippen LogP contribution in [0.25, 0.3) is 0 Å². The van der Waals surface area contributed by atoms with Gasteiger partial charge in [0.25, 0.3) is 0 Å². The molecule has 5 heteroatoms. The Morgan fingerprint density at radius 1 is 1.18 bits per heavy atom. The van der Waals surface area contributed by atoms with Crippen LogP contribution in [0.5, 0.6) is 0 Å². The lowest BCUT2D eigenvalue weighted by atomic mass is 10.1. The summed E-state index contributed by atoms with van der Waals surface area (Å²) in [6.45, 7) is 4.34. The van der Waals surface area contributed by atoms with Gasteiger partial charge in [-0.3, -0.25) is 0 Å². The minimum Gasteiger partial charge on any atom is -0.308 e. The number of hydrogen-bond acceptors (Lipinski definition) is 3. The van der Waals surface area contributed by atoms with Gasteiger partial charge in [-0.05, 0) is 70.5 Å². The lowest BCUT2D eigenvalue weighted by Crippen LogP contribution is -2.15. The van der Waals surface area contributed by atoms with Gasteiger partial charge in [0, 0.05) is 19.1 Å². The molecule has 1 unspecified atom stereocenters. The Labute approximate surface area is 127 Å². The standard InChI is InChI=1S/C12H13Br2NS2/c1-6-4-7(2)16-11(6)10(15-3)9-5-8(13)12(14)17-9/h4-5,10,15H,1-3H3. The number of halogens is 2. The first-order valence-corrected chi connectivity index (χ1v) is 8.43. The molecule has 0 fully saturated rings. The minimum atomic E-state index is 0.293. The third kappa shape index (κ3) is 2.84. The van der Waals surface area contributed by atoms with Crippen LogP contribution in [-0.4, -0.2) is 7.05 Å². The van der Waals surface area contributed by atoms with Crippen molar-refractivity contribution in [3.8, 4) is 0 Å². The number of aryl methyl sites for hydroxylation is 2. The van der Waals surface area contributed by atoms with Crippen molar-refractivity contribution in [3.63, 3.8) is 0 Å². The normalized spacial score (nSPS) is 13.0. The molecule has 0 amide bonds. The van der Waals surface area contributed by atoms with Gasteiger partial charge >= 0.3 is 0 Å². The number of hydrogen-bond donors (Lipinski definition) is 1. The van der Waals surface area contributed by atoms with Gasteiger partial charge in [-0.15, -0.1) is 22.7 Å². The van der Waals surface area contributed by atoms with Crippen LogP contribution in [0.4, 0.5) is 0 Å². The smallest absolute Gasteiger partial charge is 0.0843 e. The largest absolute Gasteiger partial charge is 0.308 e. The molecule has 0 saturated heterocycles. The second kappa shape index (κ2) is 5.53. The fraction of sp³-hybridized carbons (Fsp3) is 0.333. The Hall–Kier alpha value is 0.320.